The number of nitrogens with one attached hydrogen (secondary N) is 2. The number of hydrogen-bond donors (Lipinski definition) is 2. The number of hydrogen-bond acceptors (Lipinski definition) is 4. The van der Waals surface area contributed by atoms with E-state index in [1.807, 2.05) is 0 Å². The van der Waals surface area contributed by atoms with Gasteiger partial charge >= 0.3 is 0 Å². The van der Waals surface area contributed by atoms with Crippen molar-refractivity contribution in [2.45, 2.75) is 19.3 Å². The molecule has 0 atom stereocenters. The fraction of sp³-hybridized carbons (Fsp3) is 0.571. The van der Waals surface area contributed by atoms with E-state index in [0.29, 0.717) is 11.4 Å². The Hall–Kier alpha value is -1.62. The smallest absolute Gasteiger partial charge is 0.251 e. The molecule has 5 heteroatoms. The first-order valence-corrected chi connectivity index (χ1v) is 6.60. The van der Waals surface area contributed by atoms with Crippen LogP contribution in [0.1, 0.15) is 29.6 Å². The third-order valence-electron chi connectivity index (χ3n) is 3.70. The van der Waals surface area contributed by atoms with Crippen molar-refractivity contribution in [3.63, 3.8) is 0 Å². The Labute approximate surface area is 113 Å². The van der Waals surface area contributed by atoms with Gasteiger partial charge in [0.25, 0.3) is 5.91 Å². The summed E-state index contributed by atoms with van der Waals surface area (Å²) in [6.45, 7) is 1.49. The minimum absolute atomic E-state index is 0.0393. The molecule has 19 heavy (non-hydrogen) atoms. The third-order valence-corrected chi connectivity index (χ3v) is 3.70. The quantitative estimate of drug-likeness (QED) is 0.785. The van der Waals surface area contributed by atoms with E-state index in [0.717, 1.165) is 19.6 Å². The fourth-order valence-corrected chi connectivity index (χ4v) is 2.09. The maximum absolute atomic E-state index is 12.1. The topological polar surface area (TPSA) is 63.2 Å². The molecule has 0 radical (unpaired) electrons. The van der Waals surface area contributed by atoms with Crippen LogP contribution < -0.4 is 10.6 Å². The number of pyridine rings is 1. The highest BCUT2D eigenvalue weighted by molar-refractivity contribution is 5.94. The summed E-state index contributed by atoms with van der Waals surface area (Å²) in [4.78, 5) is 16.2. The predicted octanol–water partition coefficient (Wildman–Crippen LogP) is 1.67. The highest BCUT2D eigenvalue weighted by atomic mass is 16.5. The molecule has 0 unspecified atom stereocenters. The molecule has 1 fully saturated rings. The van der Waals surface area contributed by atoms with Crippen LogP contribution in [0.15, 0.2) is 18.3 Å². The molecule has 5 nitrogen and oxygen atoms in total. The minimum Gasteiger partial charge on any atom is -0.385 e. The predicted molar refractivity (Wildman–Crippen MR) is 74.3 cm³/mol. The Morgan fingerprint density at radius 1 is 1.53 bits per heavy atom. The number of methoxy groups -OCH3 is 1. The van der Waals surface area contributed by atoms with Crippen molar-refractivity contribution in [2.24, 2.45) is 5.41 Å². The van der Waals surface area contributed by atoms with Crippen molar-refractivity contribution in [1.82, 2.24) is 10.3 Å². The Bertz CT molecular complexity index is 444. The van der Waals surface area contributed by atoms with E-state index in [2.05, 4.69) is 15.6 Å². The number of anilines is 1. The van der Waals surface area contributed by atoms with Crippen LogP contribution in [0.5, 0.6) is 0 Å². The van der Waals surface area contributed by atoms with Crippen molar-refractivity contribution in [2.75, 3.05) is 32.6 Å². The van der Waals surface area contributed by atoms with Gasteiger partial charge < -0.3 is 15.4 Å². The lowest BCUT2D eigenvalue weighted by Crippen LogP contribution is -2.30. The summed E-state index contributed by atoms with van der Waals surface area (Å²) < 4.78 is 5.11. The van der Waals surface area contributed by atoms with Crippen LogP contribution in [-0.4, -0.2) is 38.2 Å². The maximum atomic E-state index is 12.1. The zero-order valence-corrected chi connectivity index (χ0v) is 11.5. The van der Waals surface area contributed by atoms with Gasteiger partial charge in [0.1, 0.15) is 5.82 Å². The average molecular weight is 263 g/mol. The van der Waals surface area contributed by atoms with Crippen LogP contribution >= 0.6 is 0 Å². The average Bonchev–Trinajstić information content (AvgIpc) is 3.23. The van der Waals surface area contributed by atoms with Gasteiger partial charge in [-0.3, -0.25) is 4.79 Å². The van der Waals surface area contributed by atoms with Crippen molar-refractivity contribution in [1.29, 1.82) is 0 Å². The number of aromatic nitrogens is 1. The summed E-state index contributed by atoms with van der Waals surface area (Å²) in [5.41, 5.74) is 0.909. The van der Waals surface area contributed by atoms with E-state index in [1.54, 1.807) is 32.5 Å². The molecule has 1 aliphatic rings. The van der Waals surface area contributed by atoms with E-state index in [-0.39, 0.29) is 11.3 Å². The molecule has 104 valence electrons. The zero-order chi connectivity index (χ0) is 13.7. The Kier molecular flexibility index (Phi) is 4.37. The molecule has 2 N–H and O–H groups in total. The third kappa shape index (κ3) is 3.67. The molecule has 0 aromatic carbocycles. The number of nitrogens with zero attached hydrogens (tertiary/aromatic N) is 1. The summed E-state index contributed by atoms with van der Waals surface area (Å²) in [6, 6.07) is 3.48. The van der Waals surface area contributed by atoms with Crippen molar-refractivity contribution >= 4 is 11.7 Å². The molecule has 2 rings (SSSR count). The van der Waals surface area contributed by atoms with E-state index in [1.165, 1.54) is 12.8 Å². The standard InChI is InChI=1S/C14H21N3O2/c1-15-12-9-11(3-7-16-12)13(18)17-10-14(4-5-14)6-8-19-2/h3,7,9H,4-6,8,10H2,1-2H3,(H,15,16)(H,17,18). The summed E-state index contributed by atoms with van der Waals surface area (Å²) in [7, 11) is 3.50. The second kappa shape index (κ2) is 6.02. The molecular formula is C14H21N3O2. The lowest BCUT2D eigenvalue weighted by molar-refractivity contribution is 0.0938. The second-order valence-electron chi connectivity index (χ2n) is 5.11. The van der Waals surface area contributed by atoms with Crippen molar-refractivity contribution in [3.05, 3.63) is 23.9 Å². The molecular weight excluding hydrogens is 242 g/mol. The lowest BCUT2D eigenvalue weighted by atomic mass is 10.0. The van der Waals surface area contributed by atoms with Gasteiger partial charge in [-0.2, -0.15) is 0 Å². The van der Waals surface area contributed by atoms with Gasteiger partial charge in [0.05, 0.1) is 0 Å². The molecule has 0 bridgehead atoms. The van der Waals surface area contributed by atoms with Crippen LogP contribution in [0.25, 0.3) is 0 Å². The fourth-order valence-electron chi connectivity index (χ4n) is 2.09. The van der Waals surface area contributed by atoms with Gasteiger partial charge in [0.2, 0.25) is 0 Å². The van der Waals surface area contributed by atoms with Gasteiger partial charge in [-0.05, 0) is 36.8 Å². The Balaban J connectivity index is 1.87. The molecule has 1 aromatic heterocycles. The lowest BCUT2D eigenvalue weighted by Gasteiger charge is -2.15. The van der Waals surface area contributed by atoms with E-state index >= 15 is 0 Å². The van der Waals surface area contributed by atoms with Crippen molar-refractivity contribution in [3.8, 4) is 0 Å². The molecule has 1 amide bonds. The number of carbonyl (C=O) groups is 1. The van der Waals surface area contributed by atoms with Crippen LogP contribution in [-0.2, 0) is 4.74 Å². The number of carbonyl (C=O) groups excluding carboxylic acids is 1. The maximum Gasteiger partial charge on any atom is 0.251 e. The molecule has 0 aliphatic heterocycles. The largest absolute Gasteiger partial charge is 0.385 e. The summed E-state index contributed by atoms with van der Waals surface area (Å²) >= 11 is 0. The molecule has 1 aromatic rings. The minimum atomic E-state index is -0.0393. The second-order valence-corrected chi connectivity index (χ2v) is 5.11. The normalized spacial score (nSPS) is 15.9. The zero-order valence-electron chi connectivity index (χ0n) is 11.5. The Morgan fingerprint density at radius 2 is 2.32 bits per heavy atom. The summed E-state index contributed by atoms with van der Waals surface area (Å²) in [5, 5.41) is 5.94. The van der Waals surface area contributed by atoms with E-state index in [4.69, 9.17) is 4.74 Å². The molecule has 0 spiro atoms. The summed E-state index contributed by atoms with van der Waals surface area (Å²) in [6.07, 6.45) is 5.00. The SMILES string of the molecule is CNc1cc(C(=O)NCC2(CCOC)CC2)ccn1. The van der Waals surface area contributed by atoms with Crippen LogP contribution in [0.3, 0.4) is 0 Å². The first kappa shape index (κ1) is 13.8. The molecule has 1 aliphatic carbocycles. The number of rotatable bonds is 7. The van der Waals surface area contributed by atoms with Gasteiger partial charge in [-0.25, -0.2) is 4.98 Å². The van der Waals surface area contributed by atoms with Gasteiger partial charge in [0, 0.05) is 39.1 Å². The molecule has 0 saturated heterocycles. The molecule has 1 heterocycles. The van der Waals surface area contributed by atoms with E-state index < -0.39 is 0 Å². The van der Waals surface area contributed by atoms with Crippen LogP contribution in [0.2, 0.25) is 0 Å². The number of amides is 1. The summed E-state index contributed by atoms with van der Waals surface area (Å²) in [5.74, 6) is 0.663. The van der Waals surface area contributed by atoms with E-state index in [9.17, 15) is 4.79 Å². The first-order chi connectivity index (χ1) is 9.19. The van der Waals surface area contributed by atoms with Gasteiger partial charge in [0.15, 0.2) is 0 Å². The Morgan fingerprint density at radius 3 is 2.95 bits per heavy atom. The number of ether oxygens (including phenoxy) is 1. The highest BCUT2D eigenvalue weighted by Crippen LogP contribution is 2.48. The van der Waals surface area contributed by atoms with Gasteiger partial charge in [-0.1, -0.05) is 0 Å². The van der Waals surface area contributed by atoms with Crippen molar-refractivity contribution < 1.29 is 9.53 Å². The van der Waals surface area contributed by atoms with Gasteiger partial charge in [-0.15, -0.1) is 0 Å². The van der Waals surface area contributed by atoms with Crippen LogP contribution in [0, 0.1) is 5.41 Å². The highest BCUT2D eigenvalue weighted by Gasteiger charge is 2.42. The monoisotopic (exact) mass is 263 g/mol. The van der Waals surface area contributed by atoms with Crippen LogP contribution in [0.4, 0.5) is 5.82 Å². The first-order valence-electron chi connectivity index (χ1n) is 6.60. The molecule has 1 saturated carbocycles.